The van der Waals surface area contributed by atoms with Gasteiger partial charge in [-0.3, -0.25) is 4.79 Å². The topological polar surface area (TPSA) is 41.6 Å². The average molecular weight is 298 g/mol. The van der Waals surface area contributed by atoms with E-state index in [0.29, 0.717) is 6.04 Å². The lowest BCUT2D eigenvalue weighted by Gasteiger charge is -2.34. The summed E-state index contributed by atoms with van der Waals surface area (Å²) in [4.78, 5) is 14.7. The number of carbonyl (C=O) groups is 1. The van der Waals surface area contributed by atoms with Crippen LogP contribution < -0.4 is 5.32 Å². The first kappa shape index (κ1) is 18.4. The summed E-state index contributed by atoms with van der Waals surface area (Å²) in [6.45, 7) is 14.1. The number of esters is 1. The summed E-state index contributed by atoms with van der Waals surface area (Å²) in [5, 5.41) is 3.38. The van der Waals surface area contributed by atoms with Crippen molar-refractivity contribution in [3.63, 3.8) is 0 Å². The van der Waals surface area contributed by atoms with Gasteiger partial charge in [0.25, 0.3) is 0 Å². The van der Waals surface area contributed by atoms with E-state index in [1.165, 1.54) is 13.5 Å². The minimum absolute atomic E-state index is 0.151. The summed E-state index contributed by atoms with van der Waals surface area (Å²) in [7, 11) is 1.48. The molecule has 4 heteroatoms. The number of rotatable bonds is 8. The average Bonchev–Trinajstić information content (AvgIpc) is 2.94. The first-order valence-corrected chi connectivity index (χ1v) is 8.41. The van der Waals surface area contributed by atoms with Crippen molar-refractivity contribution in [3.8, 4) is 0 Å². The Bertz CT molecular complexity index is 333. The van der Waals surface area contributed by atoms with Crippen molar-refractivity contribution < 1.29 is 9.53 Å². The summed E-state index contributed by atoms with van der Waals surface area (Å²) in [6, 6.07) is 0.391. The Labute approximate surface area is 130 Å². The summed E-state index contributed by atoms with van der Waals surface area (Å²) in [5.41, 5.74) is -0.583. The molecule has 0 bridgehead atoms. The van der Waals surface area contributed by atoms with Crippen LogP contribution in [0.2, 0.25) is 0 Å². The van der Waals surface area contributed by atoms with E-state index in [2.05, 4.69) is 37.9 Å². The zero-order chi connectivity index (χ0) is 16.0. The minimum Gasteiger partial charge on any atom is -0.468 e. The van der Waals surface area contributed by atoms with Crippen molar-refractivity contribution in [2.45, 2.75) is 65.5 Å². The molecule has 0 radical (unpaired) electrons. The molecule has 124 valence electrons. The zero-order valence-electron chi connectivity index (χ0n) is 14.7. The second-order valence-corrected chi connectivity index (χ2v) is 7.09. The summed E-state index contributed by atoms with van der Waals surface area (Å²) >= 11 is 0. The quantitative estimate of drug-likeness (QED) is 0.700. The molecule has 1 aliphatic heterocycles. The Hall–Kier alpha value is -0.610. The van der Waals surface area contributed by atoms with Crippen LogP contribution in [0.3, 0.4) is 0 Å². The molecule has 0 aliphatic carbocycles. The Morgan fingerprint density at radius 1 is 1.43 bits per heavy atom. The van der Waals surface area contributed by atoms with Gasteiger partial charge in [-0.25, -0.2) is 0 Å². The second-order valence-electron chi connectivity index (χ2n) is 7.09. The fourth-order valence-corrected chi connectivity index (χ4v) is 3.33. The van der Waals surface area contributed by atoms with Gasteiger partial charge in [0.15, 0.2) is 0 Å². The van der Waals surface area contributed by atoms with Crippen molar-refractivity contribution in [1.82, 2.24) is 10.2 Å². The van der Waals surface area contributed by atoms with Gasteiger partial charge in [-0.15, -0.1) is 0 Å². The molecule has 0 aromatic heterocycles. The van der Waals surface area contributed by atoms with Crippen LogP contribution >= 0.6 is 0 Å². The number of nitrogens with zero attached hydrogens (tertiary/aromatic N) is 1. The molecule has 0 aromatic carbocycles. The SMILES string of the molecule is CCCNC(C)(CC(C)N1CCC(C(C)C)C1)C(=O)OC. The third kappa shape index (κ3) is 4.96. The van der Waals surface area contributed by atoms with E-state index in [4.69, 9.17) is 4.74 Å². The van der Waals surface area contributed by atoms with E-state index < -0.39 is 5.54 Å². The molecular formula is C17H34N2O2. The molecule has 0 saturated carbocycles. The van der Waals surface area contributed by atoms with Crippen LogP contribution in [0.4, 0.5) is 0 Å². The maximum absolute atomic E-state index is 12.2. The molecule has 1 fully saturated rings. The molecule has 4 nitrogen and oxygen atoms in total. The monoisotopic (exact) mass is 298 g/mol. The van der Waals surface area contributed by atoms with Crippen molar-refractivity contribution in [2.24, 2.45) is 11.8 Å². The number of likely N-dealkylation sites (tertiary alicyclic amines) is 1. The molecule has 0 aromatic rings. The molecule has 1 rings (SSSR count). The highest BCUT2D eigenvalue weighted by Gasteiger charge is 2.38. The molecule has 1 aliphatic rings. The van der Waals surface area contributed by atoms with E-state index in [0.717, 1.165) is 44.3 Å². The van der Waals surface area contributed by atoms with Gasteiger partial charge in [0.05, 0.1) is 7.11 Å². The fourth-order valence-electron chi connectivity index (χ4n) is 3.33. The molecular weight excluding hydrogens is 264 g/mol. The Kier molecular flexibility index (Phi) is 7.14. The van der Waals surface area contributed by atoms with Crippen molar-refractivity contribution >= 4 is 5.97 Å². The number of carbonyl (C=O) groups excluding carboxylic acids is 1. The molecule has 21 heavy (non-hydrogen) atoms. The van der Waals surface area contributed by atoms with Crippen LogP contribution in [0.5, 0.6) is 0 Å². The highest BCUT2D eigenvalue weighted by Crippen LogP contribution is 2.28. The predicted octanol–water partition coefficient (Wildman–Crippen LogP) is 2.67. The normalized spacial score (nSPS) is 24.0. The van der Waals surface area contributed by atoms with E-state index >= 15 is 0 Å². The van der Waals surface area contributed by atoms with Gasteiger partial charge in [-0.05, 0) is 58.0 Å². The minimum atomic E-state index is -0.583. The molecule has 1 N–H and O–H groups in total. The lowest BCUT2D eigenvalue weighted by atomic mass is 9.92. The zero-order valence-corrected chi connectivity index (χ0v) is 14.7. The summed E-state index contributed by atoms with van der Waals surface area (Å²) in [5.74, 6) is 1.38. The van der Waals surface area contributed by atoms with E-state index in [9.17, 15) is 4.79 Å². The second kappa shape index (κ2) is 8.14. The molecule has 0 spiro atoms. The first-order valence-electron chi connectivity index (χ1n) is 8.41. The predicted molar refractivity (Wildman–Crippen MR) is 87.3 cm³/mol. The standard InChI is InChI=1S/C17H34N2O2/c1-7-9-18-17(5,16(20)21-6)11-14(4)19-10-8-15(12-19)13(2)3/h13-15,18H,7-12H2,1-6H3. The van der Waals surface area contributed by atoms with E-state index in [-0.39, 0.29) is 5.97 Å². The maximum atomic E-state index is 12.2. The van der Waals surface area contributed by atoms with Crippen LogP contribution in [0.15, 0.2) is 0 Å². The third-order valence-corrected chi connectivity index (χ3v) is 4.93. The van der Waals surface area contributed by atoms with Gasteiger partial charge >= 0.3 is 5.97 Å². The molecule has 1 heterocycles. The molecule has 1 saturated heterocycles. The Morgan fingerprint density at radius 2 is 2.10 bits per heavy atom. The highest BCUT2D eigenvalue weighted by molar-refractivity contribution is 5.80. The van der Waals surface area contributed by atoms with E-state index in [1.807, 2.05) is 6.92 Å². The number of hydrogen-bond donors (Lipinski definition) is 1. The van der Waals surface area contributed by atoms with Gasteiger partial charge in [-0.2, -0.15) is 0 Å². The number of hydrogen-bond acceptors (Lipinski definition) is 4. The Balaban J connectivity index is 2.64. The number of nitrogens with one attached hydrogen (secondary N) is 1. The number of ether oxygens (including phenoxy) is 1. The van der Waals surface area contributed by atoms with Crippen LogP contribution in [-0.4, -0.2) is 49.2 Å². The molecule has 3 atom stereocenters. The Morgan fingerprint density at radius 3 is 2.57 bits per heavy atom. The molecule has 0 amide bonds. The van der Waals surface area contributed by atoms with Crippen molar-refractivity contribution in [1.29, 1.82) is 0 Å². The van der Waals surface area contributed by atoms with Gasteiger partial charge < -0.3 is 15.0 Å². The lowest BCUT2D eigenvalue weighted by molar-refractivity contribution is -0.148. The maximum Gasteiger partial charge on any atom is 0.325 e. The van der Waals surface area contributed by atoms with Gasteiger partial charge in [0, 0.05) is 12.6 Å². The first-order chi connectivity index (χ1) is 9.84. The highest BCUT2D eigenvalue weighted by atomic mass is 16.5. The van der Waals surface area contributed by atoms with Crippen molar-refractivity contribution in [2.75, 3.05) is 26.7 Å². The largest absolute Gasteiger partial charge is 0.468 e. The fraction of sp³-hybridized carbons (Fsp3) is 0.941. The number of methoxy groups -OCH3 is 1. The van der Waals surface area contributed by atoms with Crippen LogP contribution in [-0.2, 0) is 9.53 Å². The third-order valence-electron chi connectivity index (χ3n) is 4.93. The van der Waals surface area contributed by atoms with Crippen LogP contribution in [0, 0.1) is 11.8 Å². The van der Waals surface area contributed by atoms with Gasteiger partial charge in [-0.1, -0.05) is 20.8 Å². The van der Waals surface area contributed by atoms with Gasteiger partial charge in [0.1, 0.15) is 5.54 Å². The van der Waals surface area contributed by atoms with Crippen LogP contribution in [0.25, 0.3) is 0 Å². The van der Waals surface area contributed by atoms with Crippen molar-refractivity contribution in [3.05, 3.63) is 0 Å². The molecule has 3 unspecified atom stereocenters. The van der Waals surface area contributed by atoms with E-state index in [1.54, 1.807) is 0 Å². The summed E-state index contributed by atoms with van der Waals surface area (Å²) < 4.78 is 5.02. The summed E-state index contributed by atoms with van der Waals surface area (Å²) in [6.07, 6.45) is 3.09. The van der Waals surface area contributed by atoms with Gasteiger partial charge in [0.2, 0.25) is 0 Å². The lowest BCUT2D eigenvalue weighted by Crippen LogP contribution is -2.54. The smallest absolute Gasteiger partial charge is 0.325 e. The van der Waals surface area contributed by atoms with Crippen LogP contribution in [0.1, 0.15) is 53.9 Å².